The summed E-state index contributed by atoms with van der Waals surface area (Å²) < 4.78 is 2.03. The summed E-state index contributed by atoms with van der Waals surface area (Å²) in [6, 6.07) is 9.95. The van der Waals surface area contributed by atoms with Gasteiger partial charge in [-0.2, -0.15) is 0 Å². The number of nitrogens with one attached hydrogen (secondary N) is 1. The van der Waals surface area contributed by atoms with E-state index in [4.69, 9.17) is 5.73 Å². The highest BCUT2D eigenvalue weighted by Crippen LogP contribution is 2.34. The average molecular weight is 354 g/mol. The third-order valence-corrected chi connectivity index (χ3v) is 5.35. The third-order valence-electron chi connectivity index (χ3n) is 5.35. The van der Waals surface area contributed by atoms with Crippen LogP contribution in [-0.4, -0.2) is 27.5 Å². The van der Waals surface area contributed by atoms with Gasteiger partial charge in [-0.05, 0) is 36.7 Å². The van der Waals surface area contributed by atoms with Crippen LogP contribution in [0.1, 0.15) is 50.8 Å². The number of amides is 1. The van der Waals surface area contributed by atoms with Gasteiger partial charge in [0.15, 0.2) is 0 Å². The molecule has 26 heavy (non-hydrogen) atoms. The van der Waals surface area contributed by atoms with E-state index in [0.717, 1.165) is 37.9 Å². The van der Waals surface area contributed by atoms with E-state index in [1.807, 2.05) is 29.0 Å². The van der Waals surface area contributed by atoms with Gasteiger partial charge in [0, 0.05) is 25.2 Å². The van der Waals surface area contributed by atoms with E-state index < -0.39 is 6.04 Å². The van der Waals surface area contributed by atoms with Crippen LogP contribution in [0.2, 0.25) is 0 Å². The predicted octanol–water partition coefficient (Wildman–Crippen LogP) is 2.89. The number of nitrogens with zero attached hydrogens (tertiary/aromatic N) is 2. The van der Waals surface area contributed by atoms with Crippen molar-refractivity contribution in [1.29, 1.82) is 0 Å². The van der Waals surface area contributed by atoms with Crippen LogP contribution < -0.4 is 11.1 Å². The second-order valence-electron chi connectivity index (χ2n) is 8.28. The molecule has 140 valence electrons. The zero-order chi connectivity index (χ0) is 18.6. The lowest BCUT2D eigenvalue weighted by atomic mass is 9.75. The summed E-state index contributed by atoms with van der Waals surface area (Å²) in [6.45, 7) is 5.36. The van der Waals surface area contributed by atoms with Gasteiger partial charge in [-0.15, -0.1) is 0 Å². The van der Waals surface area contributed by atoms with Crippen molar-refractivity contribution in [1.82, 2.24) is 14.9 Å². The molecule has 2 aromatic rings. The van der Waals surface area contributed by atoms with Crippen molar-refractivity contribution < 1.29 is 4.79 Å². The van der Waals surface area contributed by atoms with Gasteiger partial charge in [0.1, 0.15) is 0 Å². The Labute approximate surface area is 156 Å². The van der Waals surface area contributed by atoms with E-state index in [1.165, 1.54) is 5.56 Å². The fraction of sp³-hybridized carbons (Fsp3) is 0.524. The summed E-state index contributed by atoms with van der Waals surface area (Å²) in [5.74, 6) is -0.0627. The van der Waals surface area contributed by atoms with Crippen molar-refractivity contribution in [3.05, 3.63) is 54.1 Å². The number of aromatic nitrogens is 2. The Bertz CT molecular complexity index is 713. The number of imidazole rings is 1. The van der Waals surface area contributed by atoms with Crippen molar-refractivity contribution in [2.75, 3.05) is 0 Å². The van der Waals surface area contributed by atoms with Crippen LogP contribution in [0.4, 0.5) is 0 Å². The maximum Gasteiger partial charge on any atom is 0.237 e. The zero-order valence-corrected chi connectivity index (χ0v) is 15.8. The maximum absolute atomic E-state index is 12.4. The molecule has 0 spiro atoms. The lowest BCUT2D eigenvalue weighted by Gasteiger charge is -2.35. The molecule has 0 bridgehead atoms. The molecule has 1 aromatic carbocycles. The first-order valence-corrected chi connectivity index (χ1v) is 9.52. The Morgan fingerprint density at radius 3 is 2.69 bits per heavy atom. The number of carbonyl (C=O) groups excluding carboxylic acids is 1. The van der Waals surface area contributed by atoms with Crippen molar-refractivity contribution in [3.8, 4) is 0 Å². The first kappa shape index (κ1) is 18.6. The topological polar surface area (TPSA) is 72.9 Å². The Kier molecular flexibility index (Phi) is 5.77. The van der Waals surface area contributed by atoms with Crippen molar-refractivity contribution in [2.24, 2.45) is 11.1 Å². The molecule has 0 radical (unpaired) electrons. The summed E-state index contributed by atoms with van der Waals surface area (Å²) in [5.41, 5.74) is 8.59. The molecule has 0 unspecified atom stereocenters. The van der Waals surface area contributed by atoms with Crippen molar-refractivity contribution in [3.63, 3.8) is 0 Å². The van der Waals surface area contributed by atoms with Gasteiger partial charge in [-0.3, -0.25) is 4.79 Å². The first-order chi connectivity index (χ1) is 12.4. The zero-order valence-electron chi connectivity index (χ0n) is 15.8. The summed E-state index contributed by atoms with van der Waals surface area (Å²) in [7, 11) is 0. The molecule has 1 atom stereocenters. The molecule has 5 nitrogen and oxygen atoms in total. The van der Waals surface area contributed by atoms with Gasteiger partial charge < -0.3 is 15.6 Å². The number of rotatable bonds is 6. The van der Waals surface area contributed by atoms with Gasteiger partial charge in [0.2, 0.25) is 5.91 Å². The molecule has 0 saturated heterocycles. The molecule has 5 heteroatoms. The highest BCUT2D eigenvalue weighted by atomic mass is 16.2. The van der Waals surface area contributed by atoms with Crippen LogP contribution in [0, 0.1) is 5.41 Å². The fourth-order valence-corrected chi connectivity index (χ4v) is 3.56. The second kappa shape index (κ2) is 8.04. The fourth-order valence-electron chi connectivity index (χ4n) is 3.56. The molecule has 0 aliphatic heterocycles. The molecule has 1 aromatic heterocycles. The standard InChI is InChI=1S/C21H30N4O/c1-21(2)10-8-17(9-11-21)24-20(26)19(22)12-18-14-25(15-23-18)13-16-6-4-3-5-7-16/h3-7,14-15,17,19H,8-13,22H2,1-2H3,(H,24,26)/t19-/m0/s1. The smallest absolute Gasteiger partial charge is 0.237 e. The SMILES string of the molecule is CC1(C)CCC(NC(=O)[C@@H](N)Cc2cn(Cc3ccccc3)cn2)CC1. The number of nitrogens with two attached hydrogens (primary N) is 1. The minimum atomic E-state index is -0.551. The van der Waals surface area contributed by atoms with Gasteiger partial charge in [-0.25, -0.2) is 4.98 Å². The van der Waals surface area contributed by atoms with E-state index in [-0.39, 0.29) is 11.9 Å². The minimum Gasteiger partial charge on any atom is -0.352 e. The molecular formula is C21H30N4O. The predicted molar refractivity (Wildman–Crippen MR) is 104 cm³/mol. The quantitative estimate of drug-likeness (QED) is 0.838. The van der Waals surface area contributed by atoms with E-state index in [9.17, 15) is 4.79 Å². The van der Waals surface area contributed by atoms with Crippen LogP contribution in [0.15, 0.2) is 42.9 Å². The third kappa shape index (κ3) is 5.18. The normalized spacial score (nSPS) is 18.4. The summed E-state index contributed by atoms with van der Waals surface area (Å²) >= 11 is 0. The molecule has 1 aliphatic rings. The van der Waals surface area contributed by atoms with E-state index in [0.29, 0.717) is 11.8 Å². The highest BCUT2D eigenvalue weighted by molar-refractivity contribution is 5.82. The van der Waals surface area contributed by atoms with E-state index >= 15 is 0 Å². The van der Waals surface area contributed by atoms with E-state index in [1.54, 1.807) is 6.33 Å². The van der Waals surface area contributed by atoms with Gasteiger partial charge in [0.25, 0.3) is 0 Å². The maximum atomic E-state index is 12.4. The Hall–Kier alpha value is -2.14. The van der Waals surface area contributed by atoms with Crippen LogP contribution in [-0.2, 0) is 17.8 Å². The number of hydrogen-bond acceptors (Lipinski definition) is 3. The molecule has 1 aliphatic carbocycles. The van der Waals surface area contributed by atoms with Crippen LogP contribution in [0.25, 0.3) is 0 Å². The molecule has 1 amide bonds. The Morgan fingerprint density at radius 2 is 2.00 bits per heavy atom. The average Bonchev–Trinajstić information content (AvgIpc) is 3.04. The first-order valence-electron chi connectivity index (χ1n) is 9.52. The molecule has 3 rings (SSSR count). The van der Waals surface area contributed by atoms with Crippen LogP contribution in [0.3, 0.4) is 0 Å². The Balaban J connectivity index is 1.48. The number of benzene rings is 1. The van der Waals surface area contributed by atoms with Gasteiger partial charge in [-0.1, -0.05) is 44.2 Å². The van der Waals surface area contributed by atoms with Gasteiger partial charge >= 0.3 is 0 Å². The van der Waals surface area contributed by atoms with Gasteiger partial charge in [0.05, 0.1) is 18.1 Å². The molecule has 1 heterocycles. The minimum absolute atomic E-state index is 0.0627. The Morgan fingerprint density at radius 1 is 1.31 bits per heavy atom. The van der Waals surface area contributed by atoms with Crippen LogP contribution in [0.5, 0.6) is 0 Å². The monoisotopic (exact) mass is 354 g/mol. The lowest BCUT2D eigenvalue weighted by Crippen LogP contribution is -2.48. The highest BCUT2D eigenvalue weighted by Gasteiger charge is 2.28. The van der Waals surface area contributed by atoms with Crippen molar-refractivity contribution in [2.45, 2.75) is 64.6 Å². The summed E-state index contributed by atoms with van der Waals surface area (Å²) in [4.78, 5) is 16.8. The number of carbonyl (C=O) groups is 1. The molecular weight excluding hydrogens is 324 g/mol. The van der Waals surface area contributed by atoms with Crippen molar-refractivity contribution >= 4 is 5.91 Å². The molecule has 3 N–H and O–H groups in total. The lowest BCUT2D eigenvalue weighted by molar-refractivity contribution is -0.123. The largest absolute Gasteiger partial charge is 0.352 e. The molecule has 1 fully saturated rings. The van der Waals surface area contributed by atoms with E-state index in [2.05, 4.69) is 36.3 Å². The summed E-state index contributed by atoms with van der Waals surface area (Å²) in [5, 5.41) is 3.12. The number of hydrogen-bond donors (Lipinski definition) is 2. The second-order valence-corrected chi connectivity index (χ2v) is 8.28. The van der Waals surface area contributed by atoms with Crippen LogP contribution >= 0.6 is 0 Å². The summed E-state index contributed by atoms with van der Waals surface area (Å²) in [6.07, 6.45) is 8.62. The molecule has 1 saturated carbocycles.